The van der Waals surface area contributed by atoms with Crippen molar-refractivity contribution in [2.45, 2.75) is 45.7 Å². The highest BCUT2D eigenvalue weighted by Crippen LogP contribution is 2.24. The van der Waals surface area contributed by atoms with Crippen molar-refractivity contribution in [3.63, 3.8) is 0 Å². The monoisotopic (exact) mass is 273 g/mol. The molecule has 0 saturated carbocycles. The van der Waals surface area contributed by atoms with E-state index in [0.717, 1.165) is 12.8 Å². The lowest BCUT2D eigenvalue weighted by molar-refractivity contribution is 0.460. The number of hydrogen-bond acceptors (Lipinski definition) is 2. The summed E-state index contributed by atoms with van der Waals surface area (Å²) in [4.78, 5) is 1.41. The van der Waals surface area contributed by atoms with Crippen LogP contribution >= 0.6 is 11.3 Å². The van der Waals surface area contributed by atoms with E-state index in [0.29, 0.717) is 12.1 Å². The molecule has 1 aromatic carbocycles. The number of benzene rings is 1. The first-order valence-electron chi connectivity index (χ1n) is 7.12. The second kappa shape index (κ2) is 6.88. The van der Waals surface area contributed by atoms with Gasteiger partial charge >= 0.3 is 0 Å². The molecule has 1 N–H and O–H groups in total. The van der Waals surface area contributed by atoms with Gasteiger partial charge in [0.2, 0.25) is 0 Å². The maximum atomic E-state index is 3.73. The maximum absolute atomic E-state index is 3.73. The smallest absolute Gasteiger partial charge is 0.0391 e. The van der Waals surface area contributed by atoms with Crippen LogP contribution in [0.25, 0.3) is 0 Å². The molecule has 0 aliphatic rings. The van der Waals surface area contributed by atoms with Crippen molar-refractivity contribution in [3.05, 3.63) is 57.8 Å². The minimum Gasteiger partial charge on any atom is -0.303 e. The molecule has 0 aliphatic heterocycles. The predicted molar refractivity (Wildman–Crippen MR) is 84.7 cm³/mol. The van der Waals surface area contributed by atoms with Crippen LogP contribution in [0.1, 0.15) is 55.3 Å². The summed E-state index contributed by atoms with van der Waals surface area (Å²) in [6.07, 6.45) is 2.22. The van der Waals surface area contributed by atoms with E-state index in [9.17, 15) is 0 Å². The van der Waals surface area contributed by atoms with Crippen LogP contribution in [0.15, 0.2) is 41.8 Å². The zero-order valence-electron chi connectivity index (χ0n) is 12.0. The number of hydrogen-bond donors (Lipinski definition) is 1. The Bertz CT molecular complexity index is 472. The highest BCUT2D eigenvalue weighted by Gasteiger charge is 2.14. The van der Waals surface area contributed by atoms with Gasteiger partial charge in [0.05, 0.1) is 0 Å². The molecule has 0 aliphatic carbocycles. The summed E-state index contributed by atoms with van der Waals surface area (Å²) in [6, 6.07) is 14.2. The molecule has 0 bridgehead atoms. The summed E-state index contributed by atoms with van der Waals surface area (Å²) < 4.78 is 0. The quantitative estimate of drug-likeness (QED) is 0.771. The van der Waals surface area contributed by atoms with Crippen LogP contribution in [0.2, 0.25) is 0 Å². The van der Waals surface area contributed by atoms with Gasteiger partial charge in [0.1, 0.15) is 0 Å². The Labute approximate surface area is 120 Å². The Hall–Kier alpha value is -1.12. The first-order chi connectivity index (χ1) is 9.24. The van der Waals surface area contributed by atoms with Gasteiger partial charge in [0, 0.05) is 17.0 Å². The van der Waals surface area contributed by atoms with E-state index in [-0.39, 0.29) is 0 Å². The van der Waals surface area contributed by atoms with Gasteiger partial charge in [0.25, 0.3) is 0 Å². The van der Waals surface area contributed by atoms with Gasteiger partial charge in [-0.1, -0.05) is 44.2 Å². The average Bonchev–Trinajstić information content (AvgIpc) is 2.99. The third kappa shape index (κ3) is 3.68. The predicted octanol–water partition coefficient (Wildman–Crippen LogP) is 5.11. The fourth-order valence-corrected chi connectivity index (χ4v) is 3.10. The van der Waals surface area contributed by atoms with Gasteiger partial charge in [-0.2, -0.15) is 0 Å². The fourth-order valence-electron chi connectivity index (χ4n) is 2.36. The maximum Gasteiger partial charge on any atom is 0.0391 e. The minimum absolute atomic E-state index is 0.413. The summed E-state index contributed by atoms with van der Waals surface area (Å²) in [5.41, 5.74) is 2.80. The molecular weight excluding hydrogens is 250 g/mol. The Balaban J connectivity index is 2.06. The third-order valence-electron chi connectivity index (χ3n) is 3.62. The average molecular weight is 273 g/mol. The summed E-state index contributed by atoms with van der Waals surface area (Å²) in [5, 5.41) is 5.88. The van der Waals surface area contributed by atoms with Crippen LogP contribution < -0.4 is 5.32 Å². The first kappa shape index (κ1) is 14.3. The van der Waals surface area contributed by atoms with Gasteiger partial charge < -0.3 is 5.32 Å². The lowest BCUT2D eigenvalue weighted by Gasteiger charge is -2.22. The van der Waals surface area contributed by atoms with Gasteiger partial charge in [-0.15, -0.1) is 11.3 Å². The van der Waals surface area contributed by atoms with Gasteiger partial charge in [-0.05, 0) is 42.3 Å². The second-order valence-electron chi connectivity index (χ2n) is 4.96. The van der Waals surface area contributed by atoms with E-state index in [4.69, 9.17) is 0 Å². The highest BCUT2D eigenvalue weighted by atomic mass is 32.1. The van der Waals surface area contributed by atoms with Crippen molar-refractivity contribution in [2.75, 3.05) is 0 Å². The molecule has 2 unspecified atom stereocenters. The normalized spacial score (nSPS) is 14.3. The number of nitrogens with one attached hydrogen (secondary N) is 1. The molecule has 1 heterocycles. The molecule has 0 spiro atoms. The summed E-state index contributed by atoms with van der Waals surface area (Å²) in [5.74, 6) is 0. The first-order valence-corrected chi connectivity index (χ1v) is 8.00. The van der Waals surface area contributed by atoms with E-state index in [2.05, 4.69) is 67.9 Å². The van der Waals surface area contributed by atoms with Crippen molar-refractivity contribution >= 4 is 11.3 Å². The van der Waals surface area contributed by atoms with E-state index >= 15 is 0 Å². The zero-order valence-corrected chi connectivity index (χ0v) is 12.8. The highest BCUT2D eigenvalue weighted by molar-refractivity contribution is 7.10. The van der Waals surface area contributed by atoms with Crippen LogP contribution in [0.4, 0.5) is 0 Å². The Morgan fingerprint density at radius 1 is 1.11 bits per heavy atom. The van der Waals surface area contributed by atoms with Crippen molar-refractivity contribution < 1.29 is 0 Å². The molecule has 1 nitrogen and oxygen atoms in total. The largest absolute Gasteiger partial charge is 0.303 e. The van der Waals surface area contributed by atoms with Crippen molar-refractivity contribution in [1.82, 2.24) is 5.32 Å². The van der Waals surface area contributed by atoms with Crippen LogP contribution in [-0.2, 0) is 6.42 Å². The summed E-state index contributed by atoms with van der Waals surface area (Å²) >= 11 is 1.82. The number of thiophene rings is 1. The van der Waals surface area contributed by atoms with Gasteiger partial charge in [-0.3, -0.25) is 0 Å². The molecule has 2 heteroatoms. The molecule has 2 atom stereocenters. The van der Waals surface area contributed by atoms with Crippen LogP contribution in [0.3, 0.4) is 0 Å². The zero-order chi connectivity index (χ0) is 13.7. The van der Waals surface area contributed by atoms with Crippen LogP contribution in [-0.4, -0.2) is 0 Å². The molecule has 19 heavy (non-hydrogen) atoms. The number of aryl methyl sites for hydroxylation is 1. The SMILES string of the molecule is CCc1ccc(C(CC)NC(C)c2cccs2)cc1. The van der Waals surface area contributed by atoms with E-state index in [1.807, 2.05) is 11.3 Å². The molecule has 0 radical (unpaired) electrons. The second-order valence-corrected chi connectivity index (χ2v) is 5.94. The van der Waals surface area contributed by atoms with Crippen molar-refractivity contribution in [2.24, 2.45) is 0 Å². The molecule has 2 aromatic rings. The Kier molecular flexibility index (Phi) is 5.17. The summed E-state index contributed by atoms with van der Waals surface area (Å²) in [6.45, 7) is 6.69. The molecular formula is C17H23NS. The lowest BCUT2D eigenvalue weighted by Crippen LogP contribution is -2.23. The van der Waals surface area contributed by atoms with Crippen molar-refractivity contribution in [3.8, 4) is 0 Å². The van der Waals surface area contributed by atoms with Crippen LogP contribution in [0.5, 0.6) is 0 Å². The van der Waals surface area contributed by atoms with Gasteiger partial charge in [0.15, 0.2) is 0 Å². The number of rotatable bonds is 6. The summed E-state index contributed by atoms with van der Waals surface area (Å²) in [7, 11) is 0. The molecule has 0 fully saturated rings. The molecule has 0 saturated heterocycles. The molecule has 0 amide bonds. The molecule has 1 aromatic heterocycles. The molecule has 2 rings (SSSR count). The van der Waals surface area contributed by atoms with E-state index in [1.165, 1.54) is 16.0 Å². The molecule has 102 valence electrons. The van der Waals surface area contributed by atoms with Crippen LogP contribution in [0, 0.1) is 0 Å². The minimum atomic E-state index is 0.413. The lowest BCUT2D eigenvalue weighted by atomic mass is 10.0. The Morgan fingerprint density at radius 2 is 1.84 bits per heavy atom. The van der Waals surface area contributed by atoms with E-state index < -0.39 is 0 Å². The third-order valence-corrected chi connectivity index (χ3v) is 4.67. The Morgan fingerprint density at radius 3 is 2.37 bits per heavy atom. The van der Waals surface area contributed by atoms with Crippen molar-refractivity contribution in [1.29, 1.82) is 0 Å². The van der Waals surface area contributed by atoms with Gasteiger partial charge in [-0.25, -0.2) is 0 Å². The fraction of sp³-hybridized carbons (Fsp3) is 0.412. The standard InChI is InChI=1S/C17H23NS/c1-4-14-8-10-15(11-9-14)16(5-2)18-13(3)17-7-6-12-19-17/h6-13,16,18H,4-5H2,1-3H3. The van der Waals surface area contributed by atoms with E-state index in [1.54, 1.807) is 0 Å². The topological polar surface area (TPSA) is 12.0 Å².